The SMILES string of the molecule is CCOCOC1CCCCN1. The summed E-state index contributed by atoms with van der Waals surface area (Å²) in [6.07, 6.45) is 3.89. The van der Waals surface area contributed by atoms with Gasteiger partial charge in [0.05, 0.1) is 0 Å². The second-order valence-electron chi connectivity index (χ2n) is 2.72. The molecule has 1 atom stereocenters. The lowest BCUT2D eigenvalue weighted by Gasteiger charge is -2.23. The molecule has 0 aromatic rings. The Labute approximate surface area is 68.1 Å². The first-order valence-electron chi connectivity index (χ1n) is 4.36. The minimum Gasteiger partial charge on any atom is -0.356 e. The van der Waals surface area contributed by atoms with Crippen molar-refractivity contribution < 1.29 is 9.47 Å². The summed E-state index contributed by atoms with van der Waals surface area (Å²) in [6.45, 7) is 4.20. The molecule has 0 bridgehead atoms. The number of rotatable bonds is 4. The summed E-state index contributed by atoms with van der Waals surface area (Å²) in [5.74, 6) is 0. The minimum atomic E-state index is 0.232. The number of hydrogen-bond donors (Lipinski definition) is 1. The summed E-state index contributed by atoms with van der Waals surface area (Å²) in [5, 5.41) is 3.28. The first kappa shape index (κ1) is 8.97. The molecule has 1 rings (SSSR count). The molecule has 0 amide bonds. The third-order valence-corrected chi connectivity index (χ3v) is 1.82. The predicted molar refractivity (Wildman–Crippen MR) is 43.2 cm³/mol. The molecule has 1 fully saturated rings. The highest BCUT2D eigenvalue weighted by molar-refractivity contribution is 4.62. The molecule has 3 heteroatoms. The monoisotopic (exact) mass is 159 g/mol. The normalized spacial score (nSPS) is 25.4. The molecule has 1 aliphatic heterocycles. The van der Waals surface area contributed by atoms with Crippen molar-refractivity contribution in [3.8, 4) is 0 Å². The lowest BCUT2D eigenvalue weighted by atomic mass is 10.1. The molecule has 1 saturated heterocycles. The molecule has 1 heterocycles. The van der Waals surface area contributed by atoms with Crippen molar-refractivity contribution >= 4 is 0 Å². The van der Waals surface area contributed by atoms with Gasteiger partial charge in [0.15, 0.2) is 0 Å². The quantitative estimate of drug-likeness (QED) is 0.492. The van der Waals surface area contributed by atoms with Crippen LogP contribution in [0.15, 0.2) is 0 Å². The fraction of sp³-hybridized carbons (Fsp3) is 1.00. The van der Waals surface area contributed by atoms with E-state index in [4.69, 9.17) is 9.47 Å². The van der Waals surface area contributed by atoms with Crippen LogP contribution < -0.4 is 5.32 Å². The molecular formula is C8H17NO2. The molecule has 3 nitrogen and oxygen atoms in total. The van der Waals surface area contributed by atoms with Crippen LogP contribution in [0.3, 0.4) is 0 Å². The van der Waals surface area contributed by atoms with E-state index in [1.165, 1.54) is 12.8 Å². The molecule has 11 heavy (non-hydrogen) atoms. The Balaban J connectivity index is 1.96. The van der Waals surface area contributed by atoms with Gasteiger partial charge in [-0.2, -0.15) is 0 Å². The predicted octanol–water partition coefficient (Wildman–Crippen LogP) is 1.10. The van der Waals surface area contributed by atoms with Crippen molar-refractivity contribution in [2.45, 2.75) is 32.4 Å². The van der Waals surface area contributed by atoms with Crippen molar-refractivity contribution in [1.29, 1.82) is 0 Å². The Morgan fingerprint density at radius 3 is 3.00 bits per heavy atom. The topological polar surface area (TPSA) is 30.5 Å². The number of nitrogens with one attached hydrogen (secondary N) is 1. The third kappa shape index (κ3) is 3.70. The zero-order valence-electron chi connectivity index (χ0n) is 7.14. The number of hydrogen-bond acceptors (Lipinski definition) is 3. The van der Waals surface area contributed by atoms with Crippen molar-refractivity contribution in [2.24, 2.45) is 0 Å². The van der Waals surface area contributed by atoms with Gasteiger partial charge in [0.2, 0.25) is 0 Å². The van der Waals surface area contributed by atoms with Gasteiger partial charge in [0.1, 0.15) is 13.0 Å². The van der Waals surface area contributed by atoms with Crippen LogP contribution in [0.1, 0.15) is 26.2 Å². The Bertz CT molecular complexity index is 92.1. The third-order valence-electron chi connectivity index (χ3n) is 1.82. The smallest absolute Gasteiger partial charge is 0.148 e. The Morgan fingerprint density at radius 1 is 1.45 bits per heavy atom. The van der Waals surface area contributed by atoms with E-state index >= 15 is 0 Å². The average Bonchev–Trinajstić information content (AvgIpc) is 2.07. The summed E-state index contributed by atoms with van der Waals surface area (Å²) >= 11 is 0. The highest BCUT2D eigenvalue weighted by atomic mass is 16.7. The van der Waals surface area contributed by atoms with E-state index in [1.807, 2.05) is 6.92 Å². The van der Waals surface area contributed by atoms with Gasteiger partial charge >= 0.3 is 0 Å². The van der Waals surface area contributed by atoms with Crippen molar-refractivity contribution in [1.82, 2.24) is 5.32 Å². The number of piperidine rings is 1. The molecule has 0 aromatic heterocycles. The molecule has 0 spiro atoms. The van der Waals surface area contributed by atoms with Crippen LogP contribution in [0.2, 0.25) is 0 Å². The maximum atomic E-state index is 5.39. The molecule has 0 aliphatic carbocycles. The van der Waals surface area contributed by atoms with Crippen molar-refractivity contribution in [3.63, 3.8) is 0 Å². The maximum Gasteiger partial charge on any atom is 0.148 e. The first-order valence-corrected chi connectivity index (χ1v) is 4.36. The summed E-state index contributed by atoms with van der Waals surface area (Å²) < 4.78 is 10.5. The molecule has 0 saturated carbocycles. The molecule has 1 unspecified atom stereocenters. The summed E-state index contributed by atoms with van der Waals surface area (Å²) in [5.41, 5.74) is 0. The zero-order chi connectivity index (χ0) is 7.94. The van der Waals surface area contributed by atoms with Crippen LogP contribution in [0, 0.1) is 0 Å². The fourth-order valence-corrected chi connectivity index (χ4v) is 1.18. The Morgan fingerprint density at radius 2 is 2.36 bits per heavy atom. The maximum absolute atomic E-state index is 5.39. The van der Waals surface area contributed by atoms with E-state index in [1.54, 1.807) is 0 Å². The number of ether oxygens (including phenoxy) is 2. The lowest BCUT2D eigenvalue weighted by molar-refractivity contribution is -0.103. The Kier molecular flexibility index (Phi) is 4.50. The van der Waals surface area contributed by atoms with Crippen LogP contribution in [0.5, 0.6) is 0 Å². The van der Waals surface area contributed by atoms with Gasteiger partial charge in [-0.1, -0.05) is 0 Å². The lowest BCUT2D eigenvalue weighted by Crippen LogP contribution is -2.36. The van der Waals surface area contributed by atoms with Crippen LogP contribution in [-0.4, -0.2) is 26.2 Å². The standard InChI is InChI=1S/C8H17NO2/c1-2-10-7-11-8-5-3-4-6-9-8/h8-9H,2-7H2,1H3. The van der Waals surface area contributed by atoms with E-state index in [-0.39, 0.29) is 6.23 Å². The van der Waals surface area contributed by atoms with Gasteiger partial charge in [-0.3, -0.25) is 5.32 Å². The van der Waals surface area contributed by atoms with Gasteiger partial charge in [-0.05, 0) is 32.7 Å². The van der Waals surface area contributed by atoms with E-state index in [2.05, 4.69) is 5.32 Å². The van der Waals surface area contributed by atoms with Gasteiger partial charge in [-0.15, -0.1) is 0 Å². The van der Waals surface area contributed by atoms with Crippen molar-refractivity contribution in [3.05, 3.63) is 0 Å². The summed E-state index contributed by atoms with van der Waals surface area (Å²) in [7, 11) is 0. The largest absolute Gasteiger partial charge is 0.356 e. The van der Waals surface area contributed by atoms with Gasteiger partial charge in [-0.25, -0.2) is 0 Å². The van der Waals surface area contributed by atoms with Gasteiger partial charge < -0.3 is 9.47 Å². The molecule has 0 radical (unpaired) electrons. The molecule has 1 N–H and O–H groups in total. The van der Waals surface area contributed by atoms with Crippen LogP contribution >= 0.6 is 0 Å². The van der Waals surface area contributed by atoms with Crippen LogP contribution in [0.25, 0.3) is 0 Å². The molecule has 66 valence electrons. The van der Waals surface area contributed by atoms with E-state index in [0.717, 1.165) is 19.6 Å². The second kappa shape index (κ2) is 5.52. The van der Waals surface area contributed by atoms with E-state index in [0.29, 0.717) is 6.79 Å². The highest BCUT2D eigenvalue weighted by Crippen LogP contribution is 2.07. The summed E-state index contributed by atoms with van der Waals surface area (Å²) in [4.78, 5) is 0. The zero-order valence-corrected chi connectivity index (χ0v) is 7.14. The second-order valence-corrected chi connectivity index (χ2v) is 2.72. The van der Waals surface area contributed by atoms with E-state index in [9.17, 15) is 0 Å². The fourth-order valence-electron chi connectivity index (χ4n) is 1.18. The van der Waals surface area contributed by atoms with Gasteiger partial charge in [0.25, 0.3) is 0 Å². The first-order chi connectivity index (χ1) is 5.43. The molecular weight excluding hydrogens is 142 g/mol. The summed E-state index contributed by atoms with van der Waals surface area (Å²) in [6, 6.07) is 0. The Hall–Kier alpha value is -0.120. The highest BCUT2D eigenvalue weighted by Gasteiger charge is 2.11. The van der Waals surface area contributed by atoms with Gasteiger partial charge in [0, 0.05) is 6.61 Å². The van der Waals surface area contributed by atoms with E-state index < -0.39 is 0 Å². The molecule has 0 aromatic carbocycles. The molecule has 1 aliphatic rings. The average molecular weight is 159 g/mol. The van der Waals surface area contributed by atoms with Crippen molar-refractivity contribution in [2.75, 3.05) is 19.9 Å². The van der Waals surface area contributed by atoms with Crippen LogP contribution in [-0.2, 0) is 9.47 Å². The van der Waals surface area contributed by atoms with Crippen LogP contribution in [0.4, 0.5) is 0 Å². The minimum absolute atomic E-state index is 0.232.